The molecule has 3 heterocycles. The monoisotopic (exact) mass is 396 g/mol. The van der Waals surface area contributed by atoms with Crippen molar-refractivity contribution in [3.05, 3.63) is 30.7 Å². The first-order chi connectivity index (χ1) is 13.1. The summed E-state index contributed by atoms with van der Waals surface area (Å²) in [6.45, 7) is 2.86. The van der Waals surface area contributed by atoms with Crippen molar-refractivity contribution in [1.82, 2.24) is 24.6 Å². The van der Waals surface area contributed by atoms with Gasteiger partial charge in [0.25, 0.3) is 0 Å². The molecule has 2 amide bonds. The first-order valence-corrected chi connectivity index (χ1v) is 8.96. The Labute approximate surface area is 161 Å². The van der Waals surface area contributed by atoms with Crippen molar-refractivity contribution in [2.75, 3.05) is 25.0 Å². The number of nitrogens with one attached hydrogen (secondary N) is 1. The van der Waals surface area contributed by atoms with Gasteiger partial charge in [0.05, 0.1) is 12.7 Å². The van der Waals surface area contributed by atoms with Crippen molar-refractivity contribution in [1.29, 1.82) is 0 Å². The fourth-order valence-electron chi connectivity index (χ4n) is 3.48. The van der Waals surface area contributed by atoms with E-state index < -0.39 is 24.8 Å². The second-order valence-corrected chi connectivity index (χ2v) is 7.15. The largest absolute Gasteiger partial charge is 0.401 e. The smallest absolute Gasteiger partial charge is 0.321 e. The van der Waals surface area contributed by atoms with E-state index in [-0.39, 0.29) is 19.1 Å². The van der Waals surface area contributed by atoms with E-state index in [0.717, 1.165) is 11.1 Å². The summed E-state index contributed by atoms with van der Waals surface area (Å²) < 4.78 is 40.0. The summed E-state index contributed by atoms with van der Waals surface area (Å²) in [6.07, 6.45) is 0.891. The number of carbonyl (C=O) groups excluding carboxylic acids is 1. The molecule has 2 atom stereocenters. The number of hydrogen-bond acceptors (Lipinski definition) is 4. The number of pyridine rings is 1. The van der Waals surface area contributed by atoms with Crippen LogP contribution in [-0.2, 0) is 7.05 Å². The predicted molar refractivity (Wildman–Crippen MR) is 98.7 cm³/mol. The van der Waals surface area contributed by atoms with Gasteiger partial charge in [0.1, 0.15) is 5.82 Å². The third kappa shape index (κ3) is 4.80. The fourth-order valence-corrected chi connectivity index (χ4v) is 3.48. The lowest BCUT2D eigenvalue weighted by molar-refractivity contribution is -0.160. The lowest BCUT2D eigenvalue weighted by atomic mass is 10.1. The maximum Gasteiger partial charge on any atom is 0.401 e. The quantitative estimate of drug-likeness (QED) is 0.866. The molecule has 0 aliphatic carbocycles. The van der Waals surface area contributed by atoms with Gasteiger partial charge in [-0.2, -0.15) is 18.3 Å². The minimum Gasteiger partial charge on any atom is -0.321 e. The van der Waals surface area contributed by atoms with Crippen LogP contribution >= 0.6 is 0 Å². The van der Waals surface area contributed by atoms with E-state index in [2.05, 4.69) is 15.4 Å². The summed E-state index contributed by atoms with van der Waals surface area (Å²) >= 11 is 0. The lowest BCUT2D eigenvalue weighted by Gasteiger charge is -2.44. The molecule has 0 aromatic carbocycles. The summed E-state index contributed by atoms with van der Waals surface area (Å²) in [5.74, 6) is 0.379. The van der Waals surface area contributed by atoms with Gasteiger partial charge in [-0.05, 0) is 31.5 Å². The van der Waals surface area contributed by atoms with Crippen LogP contribution in [0.4, 0.5) is 23.8 Å². The Morgan fingerprint density at radius 3 is 2.50 bits per heavy atom. The summed E-state index contributed by atoms with van der Waals surface area (Å²) in [6, 6.07) is 2.38. The number of amides is 2. The summed E-state index contributed by atoms with van der Waals surface area (Å²) in [5, 5.41) is 6.86. The van der Waals surface area contributed by atoms with Crippen LogP contribution in [0.2, 0.25) is 0 Å². The van der Waals surface area contributed by atoms with Crippen molar-refractivity contribution in [3.8, 4) is 11.1 Å². The molecule has 1 saturated heterocycles. The Hall–Kier alpha value is -2.62. The minimum atomic E-state index is -4.26. The number of carbonyl (C=O) groups is 1. The Morgan fingerprint density at radius 1 is 1.25 bits per heavy atom. The maximum atomic E-state index is 12.8. The Balaban J connectivity index is 1.66. The lowest BCUT2D eigenvalue weighted by Crippen LogP contribution is -2.60. The van der Waals surface area contributed by atoms with E-state index in [1.165, 1.54) is 9.80 Å². The van der Waals surface area contributed by atoms with E-state index >= 15 is 0 Å². The second-order valence-electron chi connectivity index (χ2n) is 7.15. The third-order valence-electron chi connectivity index (χ3n) is 4.78. The van der Waals surface area contributed by atoms with Crippen LogP contribution in [0.3, 0.4) is 0 Å². The molecule has 3 rings (SSSR count). The van der Waals surface area contributed by atoms with E-state index in [1.54, 1.807) is 37.0 Å². The number of aryl methyl sites for hydroxylation is 1. The fraction of sp³-hybridized carbons (Fsp3) is 0.500. The number of anilines is 1. The van der Waals surface area contributed by atoms with Crippen molar-refractivity contribution >= 4 is 11.8 Å². The molecule has 1 aliphatic rings. The van der Waals surface area contributed by atoms with E-state index in [0.29, 0.717) is 5.82 Å². The highest BCUT2D eigenvalue weighted by atomic mass is 19.4. The maximum absolute atomic E-state index is 12.8. The van der Waals surface area contributed by atoms with Gasteiger partial charge in [-0.15, -0.1) is 0 Å². The Morgan fingerprint density at radius 2 is 1.93 bits per heavy atom. The summed E-state index contributed by atoms with van der Waals surface area (Å²) in [5.41, 5.74) is 1.75. The van der Waals surface area contributed by atoms with E-state index in [1.807, 2.05) is 19.3 Å². The molecule has 2 aromatic rings. The number of urea groups is 1. The number of piperazine rings is 1. The number of halogens is 3. The van der Waals surface area contributed by atoms with Gasteiger partial charge in [0.2, 0.25) is 0 Å². The van der Waals surface area contributed by atoms with Gasteiger partial charge >= 0.3 is 12.2 Å². The SMILES string of the molecule is C[C@@H]1CN(C(=O)Nc2cc(-c3cnn(C)c3)ccn2)C[C@H](C)N1CC(F)(F)F. The molecule has 0 unspecified atom stereocenters. The highest BCUT2D eigenvalue weighted by Gasteiger charge is 2.39. The highest BCUT2D eigenvalue weighted by Crippen LogP contribution is 2.24. The minimum absolute atomic E-state index is 0.217. The topological polar surface area (TPSA) is 66.3 Å². The van der Waals surface area contributed by atoms with Crippen molar-refractivity contribution in [3.63, 3.8) is 0 Å². The van der Waals surface area contributed by atoms with Gasteiger partial charge in [-0.1, -0.05) is 0 Å². The van der Waals surface area contributed by atoms with Crippen LogP contribution in [-0.4, -0.2) is 68.5 Å². The highest BCUT2D eigenvalue weighted by molar-refractivity contribution is 5.89. The molecule has 1 N–H and O–H groups in total. The van der Waals surface area contributed by atoms with Crippen LogP contribution in [0.5, 0.6) is 0 Å². The molecule has 7 nitrogen and oxygen atoms in total. The molecule has 28 heavy (non-hydrogen) atoms. The molecule has 0 radical (unpaired) electrons. The molecule has 10 heteroatoms. The molecule has 0 saturated carbocycles. The second kappa shape index (κ2) is 7.78. The van der Waals surface area contributed by atoms with Crippen molar-refractivity contribution in [2.24, 2.45) is 7.05 Å². The molecule has 0 bridgehead atoms. The molecular formula is C18H23F3N6O. The molecule has 0 spiro atoms. The Bertz CT molecular complexity index is 825. The Kier molecular flexibility index (Phi) is 5.59. The number of aromatic nitrogens is 3. The third-order valence-corrected chi connectivity index (χ3v) is 4.78. The molecule has 2 aromatic heterocycles. The van der Waals surface area contributed by atoms with Crippen LogP contribution < -0.4 is 5.32 Å². The van der Waals surface area contributed by atoms with Crippen LogP contribution in [0.25, 0.3) is 11.1 Å². The summed E-state index contributed by atoms with van der Waals surface area (Å²) in [4.78, 5) is 19.7. The van der Waals surface area contributed by atoms with E-state index in [9.17, 15) is 18.0 Å². The van der Waals surface area contributed by atoms with Gasteiger partial charge < -0.3 is 4.90 Å². The standard InChI is InChI=1S/C18H23F3N6O/c1-12-8-26(9-13(2)27(12)11-18(19,20)21)17(28)24-16-6-14(4-5-22-16)15-7-23-25(3)10-15/h4-7,10,12-13H,8-9,11H2,1-3H3,(H,22,24,28)/t12-,13+. The van der Waals surface area contributed by atoms with Crippen molar-refractivity contribution in [2.45, 2.75) is 32.1 Å². The number of nitrogens with zero attached hydrogens (tertiary/aromatic N) is 5. The summed E-state index contributed by atoms with van der Waals surface area (Å²) in [7, 11) is 1.81. The molecule has 152 valence electrons. The normalized spacial score (nSPS) is 21.0. The average molecular weight is 396 g/mol. The zero-order chi connectivity index (χ0) is 20.5. The van der Waals surface area contributed by atoms with E-state index in [4.69, 9.17) is 0 Å². The first kappa shape index (κ1) is 20.1. The van der Waals surface area contributed by atoms with Crippen LogP contribution in [0, 0.1) is 0 Å². The number of hydrogen-bond donors (Lipinski definition) is 1. The number of alkyl halides is 3. The molecule has 1 fully saturated rings. The zero-order valence-corrected chi connectivity index (χ0v) is 15.9. The average Bonchev–Trinajstić information content (AvgIpc) is 3.04. The zero-order valence-electron chi connectivity index (χ0n) is 15.9. The van der Waals surface area contributed by atoms with Crippen LogP contribution in [0.15, 0.2) is 30.7 Å². The molecule has 1 aliphatic heterocycles. The van der Waals surface area contributed by atoms with Gasteiger partial charge in [0.15, 0.2) is 0 Å². The van der Waals surface area contributed by atoms with Gasteiger partial charge in [-0.25, -0.2) is 9.78 Å². The number of rotatable bonds is 3. The van der Waals surface area contributed by atoms with Gasteiger partial charge in [-0.3, -0.25) is 14.9 Å². The van der Waals surface area contributed by atoms with Crippen LogP contribution in [0.1, 0.15) is 13.8 Å². The van der Waals surface area contributed by atoms with Crippen molar-refractivity contribution < 1.29 is 18.0 Å². The first-order valence-electron chi connectivity index (χ1n) is 8.96. The van der Waals surface area contributed by atoms with Gasteiger partial charge in [0, 0.05) is 50.2 Å². The predicted octanol–water partition coefficient (Wildman–Crippen LogP) is 2.97. The molecular weight excluding hydrogens is 373 g/mol.